The second-order valence-electron chi connectivity index (χ2n) is 3.87. The molecule has 1 unspecified atom stereocenters. The third kappa shape index (κ3) is 2.82. The Balaban J connectivity index is 1.96. The van der Waals surface area contributed by atoms with Gasteiger partial charge in [0.2, 0.25) is 0 Å². The monoisotopic (exact) mass is 155 g/mol. The summed E-state index contributed by atoms with van der Waals surface area (Å²) < 4.78 is 0. The van der Waals surface area contributed by atoms with Crippen molar-refractivity contribution < 1.29 is 0 Å². The van der Waals surface area contributed by atoms with Gasteiger partial charge in [0.1, 0.15) is 0 Å². The van der Waals surface area contributed by atoms with Crippen LogP contribution in [0.15, 0.2) is 0 Å². The molecule has 0 aromatic heterocycles. The molecular formula is C10H21N. The first-order valence-corrected chi connectivity index (χ1v) is 5.05. The first-order chi connectivity index (χ1) is 5.34. The highest BCUT2D eigenvalue weighted by molar-refractivity contribution is 4.75. The summed E-state index contributed by atoms with van der Waals surface area (Å²) in [6.07, 6.45) is 5.70. The molecule has 1 N–H and O–H groups in total. The molecule has 0 bridgehead atoms. The van der Waals surface area contributed by atoms with E-state index in [0.717, 1.165) is 11.8 Å². The summed E-state index contributed by atoms with van der Waals surface area (Å²) in [6.45, 7) is 7.03. The Morgan fingerprint density at radius 1 is 1.45 bits per heavy atom. The first-order valence-electron chi connectivity index (χ1n) is 5.05. The predicted molar refractivity (Wildman–Crippen MR) is 49.7 cm³/mol. The summed E-state index contributed by atoms with van der Waals surface area (Å²) in [5, 5.41) is 3.48. The van der Waals surface area contributed by atoms with Gasteiger partial charge in [-0.2, -0.15) is 0 Å². The number of rotatable bonds is 5. The maximum Gasteiger partial charge on any atom is -0.00205 e. The van der Waals surface area contributed by atoms with Crippen molar-refractivity contribution in [1.29, 1.82) is 0 Å². The Hall–Kier alpha value is -0.0400. The lowest BCUT2D eigenvalue weighted by Gasteiger charge is -2.31. The summed E-state index contributed by atoms with van der Waals surface area (Å²) in [5.74, 6) is 1.95. The highest BCUT2D eigenvalue weighted by atomic mass is 14.9. The van der Waals surface area contributed by atoms with Gasteiger partial charge >= 0.3 is 0 Å². The average Bonchev–Trinajstić information content (AvgIpc) is 1.84. The molecule has 1 aliphatic rings. The number of hydrogen-bond acceptors (Lipinski definition) is 1. The van der Waals surface area contributed by atoms with Crippen LogP contribution in [0.4, 0.5) is 0 Å². The Morgan fingerprint density at radius 2 is 2.18 bits per heavy atom. The summed E-state index contributed by atoms with van der Waals surface area (Å²) >= 11 is 0. The van der Waals surface area contributed by atoms with Crippen molar-refractivity contribution in [1.82, 2.24) is 5.32 Å². The van der Waals surface area contributed by atoms with E-state index >= 15 is 0 Å². The van der Waals surface area contributed by atoms with Crippen molar-refractivity contribution in [3.8, 4) is 0 Å². The minimum absolute atomic E-state index is 0.912. The van der Waals surface area contributed by atoms with Crippen LogP contribution in [0, 0.1) is 11.8 Å². The van der Waals surface area contributed by atoms with E-state index < -0.39 is 0 Å². The molecular weight excluding hydrogens is 134 g/mol. The normalized spacial score (nSPS) is 21.3. The molecule has 0 aromatic carbocycles. The van der Waals surface area contributed by atoms with Crippen molar-refractivity contribution in [3.63, 3.8) is 0 Å². The molecule has 1 heteroatoms. The van der Waals surface area contributed by atoms with Crippen LogP contribution in [0.2, 0.25) is 0 Å². The average molecular weight is 155 g/mol. The van der Waals surface area contributed by atoms with Crippen LogP contribution in [0.25, 0.3) is 0 Å². The van der Waals surface area contributed by atoms with Crippen LogP contribution in [-0.4, -0.2) is 13.1 Å². The largest absolute Gasteiger partial charge is 0.316 e. The maximum absolute atomic E-state index is 3.48. The molecule has 0 amide bonds. The Kier molecular flexibility index (Phi) is 3.92. The predicted octanol–water partition coefficient (Wildman–Crippen LogP) is 2.42. The zero-order valence-electron chi connectivity index (χ0n) is 7.90. The molecule has 1 atom stereocenters. The van der Waals surface area contributed by atoms with Crippen LogP contribution in [-0.2, 0) is 0 Å². The molecule has 66 valence electrons. The quantitative estimate of drug-likeness (QED) is 0.601. The van der Waals surface area contributed by atoms with Crippen LogP contribution in [0.1, 0.15) is 39.5 Å². The molecule has 11 heavy (non-hydrogen) atoms. The van der Waals surface area contributed by atoms with E-state index in [1.807, 2.05) is 0 Å². The fourth-order valence-electron chi connectivity index (χ4n) is 1.68. The van der Waals surface area contributed by atoms with E-state index in [0.29, 0.717) is 0 Å². The van der Waals surface area contributed by atoms with Crippen LogP contribution < -0.4 is 5.32 Å². The fraction of sp³-hybridized carbons (Fsp3) is 1.00. The second-order valence-corrected chi connectivity index (χ2v) is 3.87. The van der Waals surface area contributed by atoms with Crippen molar-refractivity contribution in [3.05, 3.63) is 0 Å². The molecule has 1 saturated carbocycles. The van der Waals surface area contributed by atoms with Crippen molar-refractivity contribution in [2.24, 2.45) is 11.8 Å². The Morgan fingerprint density at radius 3 is 2.64 bits per heavy atom. The van der Waals surface area contributed by atoms with E-state index in [9.17, 15) is 0 Å². The second kappa shape index (κ2) is 4.76. The molecule has 0 aliphatic heterocycles. The van der Waals surface area contributed by atoms with Gasteiger partial charge in [0.25, 0.3) is 0 Å². The minimum atomic E-state index is 0.912. The molecule has 0 aromatic rings. The van der Waals surface area contributed by atoms with Crippen molar-refractivity contribution in [2.45, 2.75) is 39.5 Å². The van der Waals surface area contributed by atoms with E-state index in [2.05, 4.69) is 19.2 Å². The summed E-state index contributed by atoms with van der Waals surface area (Å²) in [6, 6.07) is 0. The van der Waals surface area contributed by atoms with Gasteiger partial charge in [-0.3, -0.25) is 0 Å². The van der Waals surface area contributed by atoms with Gasteiger partial charge in [-0.25, -0.2) is 0 Å². The summed E-state index contributed by atoms with van der Waals surface area (Å²) in [7, 11) is 0. The molecule has 0 radical (unpaired) electrons. The van der Waals surface area contributed by atoms with Gasteiger partial charge in [0.05, 0.1) is 0 Å². The third-order valence-electron chi connectivity index (χ3n) is 2.85. The molecule has 1 fully saturated rings. The van der Waals surface area contributed by atoms with Crippen LogP contribution >= 0.6 is 0 Å². The fourth-order valence-corrected chi connectivity index (χ4v) is 1.68. The lowest BCUT2D eigenvalue weighted by Crippen LogP contribution is -2.30. The Bertz CT molecular complexity index is 97.0. The van der Waals surface area contributed by atoms with Gasteiger partial charge in [-0.1, -0.05) is 33.1 Å². The zero-order valence-corrected chi connectivity index (χ0v) is 7.90. The SMILES string of the molecule is CCCNCC(C)C1CCC1. The number of hydrogen-bond donors (Lipinski definition) is 1. The van der Waals surface area contributed by atoms with Gasteiger partial charge in [-0.15, -0.1) is 0 Å². The lowest BCUT2D eigenvalue weighted by molar-refractivity contribution is 0.216. The number of nitrogens with one attached hydrogen (secondary N) is 1. The van der Waals surface area contributed by atoms with Crippen molar-refractivity contribution in [2.75, 3.05) is 13.1 Å². The molecule has 0 spiro atoms. The zero-order chi connectivity index (χ0) is 8.10. The highest BCUT2D eigenvalue weighted by Gasteiger charge is 2.22. The smallest absolute Gasteiger partial charge is 0.00205 e. The van der Waals surface area contributed by atoms with Gasteiger partial charge < -0.3 is 5.32 Å². The standard InChI is InChI=1S/C10H21N/c1-3-7-11-8-9(2)10-5-4-6-10/h9-11H,3-8H2,1-2H3. The maximum atomic E-state index is 3.48. The van der Waals surface area contributed by atoms with E-state index in [4.69, 9.17) is 0 Å². The first kappa shape index (κ1) is 9.05. The minimum Gasteiger partial charge on any atom is -0.316 e. The van der Waals surface area contributed by atoms with Gasteiger partial charge in [0, 0.05) is 0 Å². The van der Waals surface area contributed by atoms with Crippen LogP contribution in [0.5, 0.6) is 0 Å². The molecule has 0 heterocycles. The van der Waals surface area contributed by atoms with Gasteiger partial charge in [0.15, 0.2) is 0 Å². The molecule has 1 nitrogen and oxygen atoms in total. The third-order valence-corrected chi connectivity index (χ3v) is 2.85. The molecule has 0 saturated heterocycles. The lowest BCUT2D eigenvalue weighted by atomic mass is 9.77. The molecule has 1 rings (SSSR count). The summed E-state index contributed by atoms with van der Waals surface area (Å²) in [4.78, 5) is 0. The van der Waals surface area contributed by atoms with E-state index in [1.165, 1.54) is 38.8 Å². The van der Waals surface area contributed by atoms with E-state index in [1.54, 1.807) is 0 Å². The van der Waals surface area contributed by atoms with Crippen LogP contribution in [0.3, 0.4) is 0 Å². The molecule has 1 aliphatic carbocycles. The van der Waals surface area contributed by atoms with E-state index in [-0.39, 0.29) is 0 Å². The van der Waals surface area contributed by atoms with Crippen molar-refractivity contribution >= 4 is 0 Å². The Labute approximate surface area is 70.6 Å². The summed E-state index contributed by atoms with van der Waals surface area (Å²) in [5.41, 5.74) is 0. The topological polar surface area (TPSA) is 12.0 Å². The highest BCUT2D eigenvalue weighted by Crippen LogP contribution is 2.32. The van der Waals surface area contributed by atoms with Gasteiger partial charge in [-0.05, 0) is 31.3 Å².